The van der Waals surface area contributed by atoms with E-state index >= 15 is 0 Å². The van der Waals surface area contributed by atoms with Crippen molar-refractivity contribution >= 4 is 17.5 Å². The van der Waals surface area contributed by atoms with Crippen LogP contribution in [0, 0.1) is 39.9 Å². The summed E-state index contributed by atoms with van der Waals surface area (Å²) < 4.78 is 11.9. The van der Waals surface area contributed by atoms with Crippen LogP contribution in [0.3, 0.4) is 0 Å². The van der Waals surface area contributed by atoms with Gasteiger partial charge in [-0.05, 0) is 62.4 Å². The molecule has 1 unspecified atom stereocenters. The van der Waals surface area contributed by atoms with Gasteiger partial charge in [0, 0.05) is 41.3 Å². The number of carbonyl (C=O) groups excluding carboxylic acids is 3. The molecule has 0 radical (unpaired) electrons. The highest BCUT2D eigenvalue weighted by Crippen LogP contribution is 2.71. The first-order chi connectivity index (χ1) is 16.9. The minimum absolute atomic E-state index is 0.0476. The third-order valence-corrected chi connectivity index (χ3v) is 11.5. The van der Waals surface area contributed by atoms with E-state index in [9.17, 15) is 14.4 Å². The molecule has 3 heterocycles. The van der Waals surface area contributed by atoms with E-state index in [0.29, 0.717) is 5.92 Å². The van der Waals surface area contributed by atoms with Gasteiger partial charge < -0.3 is 14.4 Å². The molecule has 1 saturated carbocycles. The molecule has 0 aromatic rings. The maximum atomic E-state index is 14.1. The summed E-state index contributed by atoms with van der Waals surface area (Å²) in [6, 6.07) is 0. The summed E-state index contributed by atoms with van der Waals surface area (Å²) in [5.41, 5.74) is 0.522. The van der Waals surface area contributed by atoms with Crippen LogP contribution in [-0.2, 0) is 23.9 Å². The number of rotatable bonds is 2. The molecule has 6 heteroatoms. The molecule has 196 valence electrons. The molecule has 6 aliphatic rings. The molecular formula is C30H41NO5. The molecule has 36 heavy (non-hydrogen) atoms. The maximum absolute atomic E-state index is 14.1. The third-order valence-electron chi connectivity index (χ3n) is 11.5. The lowest BCUT2D eigenvalue weighted by molar-refractivity contribution is -0.198. The first kappa shape index (κ1) is 24.4. The second-order valence-corrected chi connectivity index (χ2v) is 13.7. The number of ether oxygens (including phenoxy) is 2. The van der Waals surface area contributed by atoms with E-state index in [0.717, 1.165) is 44.2 Å². The first-order valence-electron chi connectivity index (χ1n) is 13.9. The Kier molecular flexibility index (Phi) is 5.12. The zero-order valence-electron chi connectivity index (χ0n) is 22.7. The smallest absolute Gasteiger partial charge is 0.306 e. The van der Waals surface area contributed by atoms with Crippen LogP contribution in [0.4, 0.5) is 0 Å². The van der Waals surface area contributed by atoms with Crippen LogP contribution in [-0.4, -0.2) is 47.9 Å². The van der Waals surface area contributed by atoms with Gasteiger partial charge in [-0.25, -0.2) is 0 Å². The molecule has 0 amide bonds. The third kappa shape index (κ3) is 2.97. The second-order valence-electron chi connectivity index (χ2n) is 13.7. The molecule has 0 aromatic carbocycles. The van der Waals surface area contributed by atoms with Gasteiger partial charge in [-0.1, -0.05) is 39.3 Å². The lowest BCUT2D eigenvalue weighted by Gasteiger charge is -2.67. The summed E-state index contributed by atoms with van der Waals surface area (Å²) in [6.07, 6.45) is 9.51. The molecule has 4 fully saturated rings. The number of hydrogen-bond acceptors (Lipinski definition) is 6. The van der Waals surface area contributed by atoms with Crippen molar-refractivity contribution in [3.05, 3.63) is 23.4 Å². The van der Waals surface area contributed by atoms with Gasteiger partial charge in [0.15, 0.2) is 5.78 Å². The summed E-state index contributed by atoms with van der Waals surface area (Å²) in [5, 5.41) is 0. The Labute approximate surface area is 214 Å². The zero-order valence-corrected chi connectivity index (χ0v) is 22.7. The van der Waals surface area contributed by atoms with E-state index in [2.05, 4.69) is 38.7 Å². The fraction of sp³-hybridized carbons (Fsp3) is 0.767. The highest BCUT2D eigenvalue weighted by Gasteiger charge is 2.71. The van der Waals surface area contributed by atoms with Crippen molar-refractivity contribution in [3.8, 4) is 0 Å². The van der Waals surface area contributed by atoms with Gasteiger partial charge in [0.2, 0.25) is 0 Å². The van der Waals surface area contributed by atoms with Crippen molar-refractivity contribution in [2.45, 2.75) is 91.4 Å². The lowest BCUT2D eigenvalue weighted by atomic mass is 9.38. The van der Waals surface area contributed by atoms with Gasteiger partial charge in [-0.3, -0.25) is 14.4 Å². The molecule has 0 N–H and O–H groups in total. The fourth-order valence-corrected chi connectivity index (χ4v) is 9.84. The number of fused-ring (bicyclic) bond motifs is 6. The van der Waals surface area contributed by atoms with E-state index in [4.69, 9.17) is 9.47 Å². The van der Waals surface area contributed by atoms with E-state index in [1.807, 2.05) is 6.92 Å². The van der Waals surface area contributed by atoms with Crippen LogP contribution < -0.4 is 0 Å². The van der Waals surface area contributed by atoms with E-state index in [1.54, 1.807) is 6.08 Å². The average Bonchev–Trinajstić information content (AvgIpc) is 3.06. The maximum Gasteiger partial charge on any atom is 0.306 e. The summed E-state index contributed by atoms with van der Waals surface area (Å²) >= 11 is 0. The SMILES string of the molecule is COC(=O)C[C@@]1(C)C2C(=O)C[C@@H]3C(=O)C=C(C)C[C@H]3[C@]2(C)C=C2N3C[C@H]4C[C@H](C)C[C@]3(CC[C@]21C)O4. The minimum Gasteiger partial charge on any atom is -0.469 e. The Bertz CT molecular complexity index is 1110. The highest BCUT2D eigenvalue weighted by molar-refractivity contribution is 5.99. The zero-order chi connectivity index (χ0) is 25.8. The Hall–Kier alpha value is -1.95. The van der Waals surface area contributed by atoms with Gasteiger partial charge in [0.1, 0.15) is 11.5 Å². The van der Waals surface area contributed by atoms with Crippen LogP contribution in [0.25, 0.3) is 0 Å². The number of ketones is 2. The summed E-state index contributed by atoms with van der Waals surface area (Å²) in [5.74, 6) is -0.00613. The molecule has 3 saturated heterocycles. The molecule has 3 aliphatic heterocycles. The van der Waals surface area contributed by atoms with Crippen LogP contribution in [0.1, 0.15) is 79.6 Å². The highest BCUT2D eigenvalue weighted by atomic mass is 16.5. The summed E-state index contributed by atoms with van der Waals surface area (Å²) in [7, 11) is 1.44. The molecule has 6 rings (SSSR count). The van der Waals surface area contributed by atoms with Gasteiger partial charge in [-0.15, -0.1) is 0 Å². The average molecular weight is 496 g/mol. The van der Waals surface area contributed by atoms with Gasteiger partial charge in [0.25, 0.3) is 0 Å². The van der Waals surface area contributed by atoms with Crippen molar-refractivity contribution in [2.75, 3.05) is 13.7 Å². The van der Waals surface area contributed by atoms with Crippen molar-refractivity contribution in [1.29, 1.82) is 0 Å². The molecule has 6 nitrogen and oxygen atoms in total. The van der Waals surface area contributed by atoms with Crippen LogP contribution >= 0.6 is 0 Å². The van der Waals surface area contributed by atoms with Gasteiger partial charge in [-0.2, -0.15) is 0 Å². The number of Topliss-reactive ketones (excluding diaryl/α,β-unsaturated/α-hetero) is 1. The number of carbonyl (C=O) groups is 3. The molecule has 2 bridgehead atoms. The summed E-state index contributed by atoms with van der Waals surface area (Å²) in [4.78, 5) is 42.7. The van der Waals surface area contributed by atoms with E-state index < -0.39 is 10.8 Å². The second kappa shape index (κ2) is 7.55. The number of nitrogens with zero attached hydrogens (tertiary/aromatic N) is 1. The lowest BCUT2D eigenvalue weighted by Crippen LogP contribution is -2.67. The number of methoxy groups -OCH3 is 1. The number of piperidine rings is 1. The van der Waals surface area contributed by atoms with Gasteiger partial charge in [0.05, 0.1) is 19.6 Å². The molecular weight excluding hydrogens is 454 g/mol. The van der Waals surface area contributed by atoms with Crippen LogP contribution in [0.15, 0.2) is 23.4 Å². The standard InChI is InChI=1S/C30H41NO5/c1-17-10-21-20(22(32)11-17)12-23(33)26-27(21,3)14-24-28(4,29(26,5)15-25(34)35-6)7-8-30-13-18(2)9-19(36-30)16-31(24)30/h11,14,18-21,26H,7-10,12-13,15-16H2,1-6H3/t18-,19+,20-,21+,26?,27-,28+,29-,30-/m0/s1. The topological polar surface area (TPSA) is 72.9 Å². The molecule has 3 aliphatic carbocycles. The molecule has 0 aromatic heterocycles. The Balaban J connectivity index is 1.57. The summed E-state index contributed by atoms with van der Waals surface area (Å²) in [6.45, 7) is 11.9. The Morgan fingerprint density at radius 3 is 2.67 bits per heavy atom. The van der Waals surface area contributed by atoms with Crippen LogP contribution in [0.5, 0.6) is 0 Å². The van der Waals surface area contributed by atoms with Crippen molar-refractivity contribution in [2.24, 2.45) is 39.9 Å². The van der Waals surface area contributed by atoms with E-state index in [-0.39, 0.29) is 65.4 Å². The minimum atomic E-state index is -0.622. The predicted molar refractivity (Wildman–Crippen MR) is 134 cm³/mol. The monoisotopic (exact) mass is 495 g/mol. The predicted octanol–water partition coefficient (Wildman–Crippen LogP) is 4.83. The van der Waals surface area contributed by atoms with Crippen LogP contribution in [0.2, 0.25) is 0 Å². The van der Waals surface area contributed by atoms with E-state index in [1.165, 1.54) is 12.8 Å². The Morgan fingerprint density at radius 1 is 1.19 bits per heavy atom. The number of hydrogen-bond donors (Lipinski definition) is 0. The Morgan fingerprint density at radius 2 is 1.94 bits per heavy atom. The number of allylic oxidation sites excluding steroid dienone is 4. The van der Waals surface area contributed by atoms with Gasteiger partial charge >= 0.3 is 5.97 Å². The molecule has 9 atom stereocenters. The first-order valence-corrected chi connectivity index (χ1v) is 13.9. The van der Waals surface area contributed by atoms with Crippen molar-refractivity contribution in [3.63, 3.8) is 0 Å². The fourth-order valence-electron chi connectivity index (χ4n) is 9.84. The normalized spacial score (nSPS) is 49.3. The quantitative estimate of drug-likeness (QED) is 0.511. The number of esters is 1. The molecule has 1 spiro atoms. The van der Waals surface area contributed by atoms with Crippen molar-refractivity contribution in [1.82, 2.24) is 4.90 Å². The van der Waals surface area contributed by atoms with Crippen molar-refractivity contribution < 1.29 is 23.9 Å². The largest absolute Gasteiger partial charge is 0.469 e.